The molecule has 0 spiro atoms. The molecule has 4 rings (SSSR count). The van der Waals surface area contributed by atoms with Crippen molar-refractivity contribution in [3.8, 4) is 0 Å². The number of nitrogens with zero attached hydrogens (tertiary/aromatic N) is 3. The Labute approximate surface area is 149 Å². The van der Waals surface area contributed by atoms with Crippen molar-refractivity contribution in [3.05, 3.63) is 70.5 Å². The van der Waals surface area contributed by atoms with Crippen LogP contribution in [0.5, 0.6) is 0 Å². The van der Waals surface area contributed by atoms with Gasteiger partial charge in [0.05, 0.1) is 5.56 Å². The summed E-state index contributed by atoms with van der Waals surface area (Å²) in [6, 6.07) is 9.73. The molecule has 0 aliphatic carbocycles. The highest BCUT2D eigenvalue weighted by Gasteiger charge is 2.30. The SMILES string of the molecule is Cc1cnc2nc3c(cc2c1)CN(Cc1cccc(C(F)(F)F)c1)CC3. The second-order valence-electron chi connectivity index (χ2n) is 6.81. The van der Waals surface area contributed by atoms with E-state index in [4.69, 9.17) is 0 Å². The Bertz CT molecular complexity index is 966. The maximum absolute atomic E-state index is 12.9. The van der Waals surface area contributed by atoms with E-state index < -0.39 is 11.7 Å². The number of aryl methyl sites for hydroxylation is 1. The molecule has 3 aromatic rings. The first-order valence-corrected chi connectivity index (χ1v) is 8.52. The van der Waals surface area contributed by atoms with Crippen LogP contribution in [0.25, 0.3) is 11.0 Å². The highest BCUT2D eigenvalue weighted by molar-refractivity contribution is 5.76. The van der Waals surface area contributed by atoms with E-state index in [1.165, 1.54) is 12.1 Å². The summed E-state index contributed by atoms with van der Waals surface area (Å²) in [6.45, 7) is 3.94. The topological polar surface area (TPSA) is 29.0 Å². The molecule has 0 saturated heterocycles. The van der Waals surface area contributed by atoms with Crippen LogP contribution in [-0.2, 0) is 25.7 Å². The molecule has 2 aromatic heterocycles. The molecule has 134 valence electrons. The average Bonchev–Trinajstić information content (AvgIpc) is 2.59. The van der Waals surface area contributed by atoms with Gasteiger partial charge < -0.3 is 0 Å². The second kappa shape index (κ2) is 6.36. The maximum atomic E-state index is 12.9. The molecule has 0 unspecified atom stereocenters. The lowest BCUT2D eigenvalue weighted by atomic mass is 10.0. The fourth-order valence-electron chi connectivity index (χ4n) is 3.43. The number of hydrogen-bond acceptors (Lipinski definition) is 3. The predicted molar refractivity (Wildman–Crippen MR) is 93.5 cm³/mol. The van der Waals surface area contributed by atoms with E-state index in [2.05, 4.69) is 27.0 Å². The van der Waals surface area contributed by atoms with Gasteiger partial charge in [-0.3, -0.25) is 4.90 Å². The summed E-state index contributed by atoms with van der Waals surface area (Å²) in [4.78, 5) is 11.2. The average molecular weight is 357 g/mol. The Hall–Kier alpha value is -2.47. The summed E-state index contributed by atoms with van der Waals surface area (Å²) in [7, 11) is 0. The summed E-state index contributed by atoms with van der Waals surface area (Å²) in [5.41, 5.74) is 4.07. The number of aromatic nitrogens is 2. The monoisotopic (exact) mass is 357 g/mol. The second-order valence-corrected chi connectivity index (χ2v) is 6.81. The molecule has 1 aliphatic heterocycles. The van der Waals surface area contributed by atoms with Crippen LogP contribution in [-0.4, -0.2) is 21.4 Å². The highest BCUT2D eigenvalue weighted by atomic mass is 19.4. The molecule has 0 atom stereocenters. The Morgan fingerprint density at radius 3 is 2.81 bits per heavy atom. The number of benzene rings is 1. The largest absolute Gasteiger partial charge is 0.416 e. The molecular formula is C20H18F3N3. The van der Waals surface area contributed by atoms with Crippen LogP contribution in [0, 0.1) is 6.92 Å². The van der Waals surface area contributed by atoms with Gasteiger partial charge in [-0.05, 0) is 41.8 Å². The minimum Gasteiger partial charge on any atom is -0.294 e. The van der Waals surface area contributed by atoms with Gasteiger partial charge in [0.25, 0.3) is 0 Å². The van der Waals surface area contributed by atoms with Crippen molar-refractivity contribution in [2.75, 3.05) is 6.54 Å². The molecule has 0 radical (unpaired) electrons. The van der Waals surface area contributed by atoms with Crippen molar-refractivity contribution in [2.45, 2.75) is 32.6 Å². The maximum Gasteiger partial charge on any atom is 0.416 e. The Balaban J connectivity index is 1.57. The molecule has 0 amide bonds. The van der Waals surface area contributed by atoms with Gasteiger partial charge in [-0.1, -0.05) is 18.2 Å². The molecule has 0 N–H and O–H groups in total. The summed E-state index contributed by atoms with van der Waals surface area (Å²) < 4.78 is 38.7. The Morgan fingerprint density at radius 1 is 1.15 bits per heavy atom. The summed E-state index contributed by atoms with van der Waals surface area (Å²) in [6.07, 6.45) is -1.72. The van der Waals surface area contributed by atoms with Crippen molar-refractivity contribution in [3.63, 3.8) is 0 Å². The van der Waals surface area contributed by atoms with Gasteiger partial charge in [-0.2, -0.15) is 13.2 Å². The molecular weight excluding hydrogens is 339 g/mol. The third-order valence-corrected chi connectivity index (χ3v) is 4.69. The lowest BCUT2D eigenvalue weighted by Gasteiger charge is -2.28. The van der Waals surface area contributed by atoms with E-state index in [1.54, 1.807) is 6.07 Å². The predicted octanol–water partition coefficient (Wildman–Crippen LogP) is 4.52. The first-order valence-electron chi connectivity index (χ1n) is 8.52. The molecule has 26 heavy (non-hydrogen) atoms. The smallest absolute Gasteiger partial charge is 0.294 e. The molecule has 3 nitrogen and oxygen atoms in total. The normalized spacial score (nSPS) is 15.2. The van der Waals surface area contributed by atoms with E-state index in [-0.39, 0.29) is 0 Å². The van der Waals surface area contributed by atoms with Crippen molar-refractivity contribution in [2.24, 2.45) is 0 Å². The van der Waals surface area contributed by atoms with Crippen molar-refractivity contribution < 1.29 is 13.2 Å². The third kappa shape index (κ3) is 3.42. The van der Waals surface area contributed by atoms with Crippen LogP contribution in [0.15, 0.2) is 42.6 Å². The lowest BCUT2D eigenvalue weighted by Crippen LogP contribution is -2.30. The Kier molecular flexibility index (Phi) is 4.15. The fourth-order valence-corrected chi connectivity index (χ4v) is 3.43. The van der Waals surface area contributed by atoms with Crippen molar-refractivity contribution in [1.82, 2.24) is 14.9 Å². The quantitative estimate of drug-likeness (QED) is 0.675. The van der Waals surface area contributed by atoms with Crippen LogP contribution < -0.4 is 0 Å². The lowest BCUT2D eigenvalue weighted by molar-refractivity contribution is -0.137. The molecule has 6 heteroatoms. The summed E-state index contributed by atoms with van der Waals surface area (Å²) >= 11 is 0. The van der Waals surface area contributed by atoms with E-state index in [9.17, 15) is 13.2 Å². The number of fused-ring (bicyclic) bond motifs is 2. The zero-order valence-electron chi connectivity index (χ0n) is 14.3. The number of alkyl halides is 3. The van der Waals surface area contributed by atoms with Gasteiger partial charge >= 0.3 is 6.18 Å². The van der Waals surface area contributed by atoms with E-state index in [1.807, 2.05) is 13.1 Å². The zero-order chi connectivity index (χ0) is 18.3. The molecule has 0 bridgehead atoms. The van der Waals surface area contributed by atoms with E-state index in [0.29, 0.717) is 18.7 Å². The van der Waals surface area contributed by atoms with Crippen LogP contribution in [0.1, 0.15) is 27.9 Å². The van der Waals surface area contributed by atoms with Crippen LogP contribution >= 0.6 is 0 Å². The molecule has 1 aliphatic rings. The third-order valence-electron chi connectivity index (χ3n) is 4.69. The van der Waals surface area contributed by atoms with Crippen LogP contribution in [0.3, 0.4) is 0 Å². The van der Waals surface area contributed by atoms with Crippen LogP contribution in [0.2, 0.25) is 0 Å². The number of hydrogen-bond donors (Lipinski definition) is 0. The Morgan fingerprint density at radius 2 is 2.00 bits per heavy atom. The van der Waals surface area contributed by atoms with E-state index >= 15 is 0 Å². The van der Waals surface area contributed by atoms with Gasteiger partial charge in [-0.25, -0.2) is 9.97 Å². The van der Waals surface area contributed by atoms with Gasteiger partial charge in [0, 0.05) is 43.3 Å². The molecule has 0 saturated carbocycles. The van der Waals surface area contributed by atoms with Gasteiger partial charge in [-0.15, -0.1) is 0 Å². The first-order chi connectivity index (χ1) is 12.4. The van der Waals surface area contributed by atoms with Crippen molar-refractivity contribution >= 4 is 11.0 Å². The minimum atomic E-state index is -4.31. The summed E-state index contributed by atoms with van der Waals surface area (Å²) in [5, 5.41) is 1.00. The van der Waals surface area contributed by atoms with Gasteiger partial charge in [0.15, 0.2) is 5.65 Å². The molecule has 0 fully saturated rings. The fraction of sp³-hybridized carbons (Fsp3) is 0.300. The zero-order valence-corrected chi connectivity index (χ0v) is 14.3. The molecule has 3 heterocycles. The van der Waals surface area contributed by atoms with Gasteiger partial charge in [0.1, 0.15) is 0 Å². The standard InChI is InChI=1S/C20H18F3N3/c1-13-7-15-9-16-12-26(6-5-18(16)25-19(15)24-10-13)11-14-3-2-4-17(8-14)20(21,22)23/h2-4,7-10H,5-6,11-12H2,1H3. The minimum absolute atomic E-state index is 0.494. The molecule has 1 aromatic carbocycles. The number of pyridine rings is 2. The number of halogens is 3. The number of rotatable bonds is 2. The van der Waals surface area contributed by atoms with E-state index in [0.717, 1.165) is 46.9 Å². The first kappa shape index (κ1) is 17.0. The van der Waals surface area contributed by atoms with Gasteiger partial charge in [0.2, 0.25) is 0 Å². The highest BCUT2D eigenvalue weighted by Crippen LogP contribution is 2.30. The summed E-state index contributed by atoms with van der Waals surface area (Å²) in [5.74, 6) is 0. The van der Waals surface area contributed by atoms with Crippen molar-refractivity contribution in [1.29, 1.82) is 0 Å². The van der Waals surface area contributed by atoms with Crippen LogP contribution in [0.4, 0.5) is 13.2 Å².